The number of alkyl halides is 3. The molecule has 5 aromatic carbocycles. The van der Waals surface area contributed by atoms with Crippen molar-refractivity contribution >= 4 is 139 Å². The van der Waals surface area contributed by atoms with Gasteiger partial charge in [0.25, 0.3) is 40.6 Å². The van der Waals surface area contributed by atoms with Crippen molar-refractivity contribution in [1.29, 1.82) is 0 Å². The second-order valence-corrected chi connectivity index (χ2v) is 22.1. The molecular formula is C69H55F7N14O12S2. The van der Waals surface area contributed by atoms with Crippen molar-refractivity contribution in [2.45, 2.75) is 13.1 Å². The van der Waals surface area contributed by atoms with E-state index in [-0.39, 0.29) is 165 Å². The maximum absolute atomic E-state index is 14.1. The molecule has 0 saturated heterocycles. The standard InChI is InChI=1S/C18H13F3N4O3.C14H13FN4O2.C14H13FN2O3S.C12H7FN2O2S.C11H9FN2O2/c1-2-6-23-12-8-11(3-4-13(12)28-10-16(23)27)25-15(26)9-14(18(19,20)21)24-7-5-22-17(24)25;1-2-5-19-11-7-10(18-14-16-3-4-17-14)9(15)6-12(11)21-8-13(19)20;1-3-5-17-11-7-10(16-14(21)19-4-2)9(15)6-12(11)20-8-13(17)18;1-2-3-15-10-5-9(14-7-18)8(13)4-11(10)17-6-12(15)16;1-2-3-14-9-5-8(13)7(12)4-10(9)16-6-11(14)15/h1,3-4,8-9H,5-7,10H2;1,6-7H,3-5,8H2,(H2,16,17,18);1,6-7H,4-5,8H2,2H3,(H,16,21);1,4-5H,3,6H2;1,4-5H,3,6,13H2. The number of benzene rings is 5. The fraction of sp³-hybridized carbons (Fsp3) is 0.246. The molecule has 104 heavy (non-hydrogen) atoms. The maximum atomic E-state index is 14.1. The quantitative estimate of drug-likeness (QED) is 0.0373. The van der Waals surface area contributed by atoms with E-state index in [2.05, 4.69) is 77.9 Å². The van der Waals surface area contributed by atoms with E-state index in [1.807, 2.05) is 0 Å². The van der Waals surface area contributed by atoms with Crippen molar-refractivity contribution in [2.24, 2.45) is 15.0 Å². The Bertz CT molecular complexity index is 4710. The van der Waals surface area contributed by atoms with Crippen LogP contribution in [0.3, 0.4) is 0 Å². The van der Waals surface area contributed by atoms with Gasteiger partial charge in [0.1, 0.15) is 45.9 Å². The Morgan fingerprint density at radius 3 is 1.51 bits per heavy atom. The molecule has 5 N–H and O–H groups in total. The zero-order valence-electron chi connectivity index (χ0n) is 54.3. The van der Waals surface area contributed by atoms with Crippen molar-refractivity contribution in [2.75, 3.05) is 144 Å². The van der Waals surface area contributed by atoms with Crippen LogP contribution in [0.25, 0.3) is 0 Å². The topological polar surface area (TPSA) is 280 Å². The lowest BCUT2D eigenvalue weighted by molar-refractivity contribution is -0.121. The van der Waals surface area contributed by atoms with Crippen LogP contribution in [0.2, 0.25) is 0 Å². The minimum absolute atomic E-state index is 0.00219. The Hall–Kier alpha value is -13.0. The van der Waals surface area contributed by atoms with E-state index in [0.717, 1.165) is 21.9 Å². The molecule has 0 fully saturated rings. The van der Waals surface area contributed by atoms with Crippen LogP contribution in [0.1, 0.15) is 6.92 Å². The minimum atomic E-state index is -4.67. The molecule has 35 heteroatoms. The predicted octanol–water partition coefficient (Wildman–Crippen LogP) is 6.67. The first kappa shape index (κ1) is 75.2. The maximum Gasteiger partial charge on any atom is 0.431 e. The zero-order valence-corrected chi connectivity index (χ0v) is 56.0. The number of rotatable bonds is 10. The lowest BCUT2D eigenvalue weighted by Gasteiger charge is -2.36. The number of carbonyl (C=O) groups is 6. The number of anilines is 9. The number of allylic oxidation sites excluding steroid dienone is 1. The summed E-state index contributed by atoms with van der Waals surface area (Å²) in [6, 6.07) is 14.9. The lowest BCUT2D eigenvalue weighted by Crippen LogP contribution is -2.51. The van der Waals surface area contributed by atoms with Crippen molar-refractivity contribution in [3.8, 4) is 90.5 Å². The molecule has 26 nitrogen and oxygen atoms in total. The summed E-state index contributed by atoms with van der Waals surface area (Å²) in [5, 5.41) is 10.6. The molecule has 8 heterocycles. The number of amides is 6. The molecule has 0 atom stereocenters. The third-order valence-electron chi connectivity index (χ3n) is 15.1. The van der Waals surface area contributed by atoms with Crippen molar-refractivity contribution < 1.29 is 87.9 Å². The number of nitrogens with two attached hydrogens (primary N) is 1. The highest BCUT2D eigenvalue weighted by Crippen LogP contribution is 2.43. The number of hydrogen-bond donors (Lipinski definition) is 4. The van der Waals surface area contributed by atoms with Gasteiger partial charge in [0.05, 0.1) is 109 Å². The van der Waals surface area contributed by atoms with Crippen LogP contribution in [0.5, 0.6) is 28.7 Å². The number of nitrogens with zero attached hydrogens (tertiary/aromatic N) is 10. The number of halogens is 7. The van der Waals surface area contributed by atoms with Gasteiger partial charge in [-0.15, -0.1) is 32.1 Å². The lowest BCUT2D eigenvalue weighted by atomic mass is 10.1. The molecule has 6 amide bonds. The van der Waals surface area contributed by atoms with Crippen LogP contribution in [0.15, 0.2) is 93.5 Å². The molecule has 0 aliphatic carbocycles. The second-order valence-electron chi connectivity index (χ2n) is 21.6. The summed E-state index contributed by atoms with van der Waals surface area (Å²) in [5.41, 5.74) is 6.87. The number of terminal acetylenes is 5. The highest BCUT2D eigenvalue weighted by atomic mass is 32.1. The van der Waals surface area contributed by atoms with Gasteiger partial charge in [0, 0.05) is 43.4 Å². The SMILES string of the molecule is C#CCN1C(=O)COc2cc(F)c(N)cc21.C#CCN1C(=O)COc2cc(F)c(N=C=S)cc21.C#CCN1C(=O)COc2cc(F)c(NC(=S)OCC)cc21.C#CCN1C(=O)COc2cc(F)c(NC3=NCCN3)cc21.C#CCN1C(=O)COc2ccc(N3C(=O)C=C(C(F)(F)F)N4CCN=C43)cc21. The first-order valence-electron chi connectivity index (χ1n) is 30.5. The third kappa shape index (κ3) is 17.1. The van der Waals surface area contributed by atoms with Crippen molar-refractivity contribution in [3.63, 3.8) is 0 Å². The number of ether oxygens (including phenoxy) is 6. The van der Waals surface area contributed by atoms with Gasteiger partial charge in [-0.3, -0.25) is 63.3 Å². The highest BCUT2D eigenvalue weighted by molar-refractivity contribution is 7.80. The zero-order chi connectivity index (χ0) is 75.1. The number of thiocarbonyl (C=S) groups is 2. The summed E-state index contributed by atoms with van der Waals surface area (Å²) < 4.78 is 126. The summed E-state index contributed by atoms with van der Waals surface area (Å²) in [4.78, 5) is 92.0. The fourth-order valence-corrected chi connectivity index (χ4v) is 10.8. The van der Waals surface area contributed by atoms with Crippen LogP contribution in [0.4, 0.5) is 87.6 Å². The number of aliphatic imine (C=N–C) groups is 3. The van der Waals surface area contributed by atoms with E-state index in [1.165, 1.54) is 79.1 Å². The predicted molar refractivity (Wildman–Crippen MR) is 377 cm³/mol. The molecule has 0 spiro atoms. The molecule has 8 aliphatic rings. The van der Waals surface area contributed by atoms with Gasteiger partial charge in [-0.2, -0.15) is 18.2 Å². The van der Waals surface area contributed by atoms with Gasteiger partial charge in [0.2, 0.25) is 5.96 Å². The number of fused-ring (bicyclic) bond motifs is 6. The second kappa shape index (κ2) is 33.4. The van der Waals surface area contributed by atoms with Crippen LogP contribution in [0, 0.1) is 85.0 Å². The Labute approximate surface area is 599 Å². The molecule has 534 valence electrons. The molecular weight excluding hydrogens is 1410 g/mol. The number of hydrogen-bond acceptors (Lipinski definition) is 21. The number of nitrogen functional groups attached to an aromatic ring is 1. The molecule has 13 rings (SSSR count). The largest absolute Gasteiger partial charge is 0.482 e. The average Bonchev–Trinajstić information content (AvgIpc) is 1.49. The summed E-state index contributed by atoms with van der Waals surface area (Å²) in [6.45, 7) is 3.21. The van der Waals surface area contributed by atoms with Crippen molar-refractivity contribution in [3.05, 3.63) is 102 Å². The van der Waals surface area contributed by atoms with E-state index in [9.17, 15) is 59.5 Å². The third-order valence-corrected chi connectivity index (χ3v) is 15.4. The summed E-state index contributed by atoms with van der Waals surface area (Å²) in [5.74, 6) is 9.23. The van der Waals surface area contributed by atoms with Crippen molar-refractivity contribution in [1.82, 2.24) is 10.2 Å². The van der Waals surface area contributed by atoms with Crippen LogP contribution in [-0.2, 0) is 33.5 Å². The van der Waals surface area contributed by atoms with E-state index in [1.54, 1.807) is 6.92 Å². The van der Waals surface area contributed by atoms with Crippen LogP contribution in [-0.4, -0.2) is 167 Å². The summed E-state index contributed by atoms with van der Waals surface area (Å²) >= 11 is 9.33. The van der Waals surface area contributed by atoms with E-state index in [4.69, 9.17) is 78.5 Å². The molecule has 5 aromatic rings. The van der Waals surface area contributed by atoms with E-state index < -0.39 is 41.0 Å². The number of carbonyl (C=O) groups excluding carboxylic acids is 6. The Morgan fingerprint density at radius 1 is 0.606 bits per heavy atom. The molecule has 0 saturated carbocycles. The Balaban J connectivity index is 0.000000153. The highest BCUT2D eigenvalue weighted by Gasteiger charge is 2.47. The first-order chi connectivity index (χ1) is 49.9. The van der Waals surface area contributed by atoms with E-state index in [0.29, 0.717) is 71.7 Å². The van der Waals surface area contributed by atoms with Gasteiger partial charge >= 0.3 is 6.18 Å². The number of guanidine groups is 2. The van der Waals surface area contributed by atoms with Gasteiger partial charge in [-0.25, -0.2) is 22.5 Å². The van der Waals surface area contributed by atoms with Gasteiger partial charge in [0.15, 0.2) is 56.4 Å². The van der Waals surface area contributed by atoms with Gasteiger partial charge in [-0.1, -0.05) is 29.6 Å². The average molecular weight is 1470 g/mol. The van der Waals surface area contributed by atoms with E-state index >= 15 is 0 Å². The Morgan fingerprint density at radius 2 is 1.05 bits per heavy atom. The van der Waals surface area contributed by atoms with Crippen LogP contribution >= 0.6 is 24.4 Å². The monoisotopic (exact) mass is 1470 g/mol. The smallest absolute Gasteiger partial charge is 0.431 e. The molecule has 0 bridgehead atoms. The number of isothiocyanates is 1. The fourth-order valence-electron chi connectivity index (χ4n) is 10.4. The molecule has 8 aliphatic heterocycles. The van der Waals surface area contributed by atoms with Crippen LogP contribution < -0.4 is 74.8 Å². The minimum Gasteiger partial charge on any atom is -0.482 e. The molecule has 0 radical (unpaired) electrons. The van der Waals surface area contributed by atoms with Gasteiger partial charge < -0.3 is 55.0 Å². The number of nitrogens with one attached hydrogen (secondary N) is 3. The Kier molecular flexibility index (Phi) is 24.2. The van der Waals surface area contributed by atoms with Gasteiger partial charge in [-0.05, 0) is 73.8 Å². The normalized spacial score (nSPS) is 15.5. The summed E-state index contributed by atoms with van der Waals surface area (Å²) in [7, 11) is 0. The molecule has 0 unspecified atom stereocenters. The summed E-state index contributed by atoms with van der Waals surface area (Å²) in [6.07, 6.45) is 22.1. The molecule has 0 aromatic heterocycles. The first-order valence-corrected chi connectivity index (χ1v) is 31.3.